The van der Waals surface area contributed by atoms with Crippen molar-refractivity contribution >= 4 is 17.7 Å². The van der Waals surface area contributed by atoms with Crippen molar-refractivity contribution in [2.24, 2.45) is 52.8 Å². The molecule has 2 N–H and O–H groups in total. The van der Waals surface area contributed by atoms with Gasteiger partial charge in [0.15, 0.2) is 0 Å². The van der Waals surface area contributed by atoms with Crippen LogP contribution in [0.25, 0.3) is 11.1 Å². The minimum absolute atomic E-state index is 0.0291. The van der Waals surface area contributed by atoms with Gasteiger partial charge in [0.05, 0.1) is 6.42 Å². The zero-order valence-electron chi connectivity index (χ0n) is 25.5. The Morgan fingerprint density at radius 3 is 2.14 bits per heavy atom. The Bertz CT molecular complexity index is 1590. The van der Waals surface area contributed by atoms with Crippen LogP contribution in [0.3, 0.4) is 0 Å². The molecule has 0 aliphatic heterocycles. The van der Waals surface area contributed by atoms with Gasteiger partial charge in [0.1, 0.15) is 6.61 Å². The SMILES string of the molecule is CC1CCC1C1CC2C3C4CCC4C3C12CNC(=O)Cc1ccc(NC(=O)OCC2c3ccccc3-c3ccccc32)cc1. The topological polar surface area (TPSA) is 67.4 Å². The highest BCUT2D eigenvalue weighted by Crippen LogP contribution is 2.85. The first kappa shape index (κ1) is 26.8. The van der Waals surface area contributed by atoms with Crippen LogP contribution in [0.1, 0.15) is 61.6 Å². The Labute approximate surface area is 260 Å². The quantitative estimate of drug-likeness (QED) is 0.285. The van der Waals surface area contributed by atoms with Crippen LogP contribution in [0.5, 0.6) is 0 Å². The predicted octanol–water partition coefficient (Wildman–Crippen LogP) is 7.66. The summed E-state index contributed by atoms with van der Waals surface area (Å²) in [6.07, 6.45) is 7.00. The van der Waals surface area contributed by atoms with Crippen molar-refractivity contribution in [3.05, 3.63) is 89.5 Å². The van der Waals surface area contributed by atoms with Crippen LogP contribution in [0.2, 0.25) is 0 Å². The van der Waals surface area contributed by atoms with E-state index < -0.39 is 6.09 Å². The van der Waals surface area contributed by atoms with Crippen LogP contribution < -0.4 is 10.6 Å². The van der Waals surface area contributed by atoms with Crippen LogP contribution >= 0.6 is 0 Å². The predicted molar refractivity (Wildman–Crippen MR) is 171 cm³/mol. The minimum atomic E-state index is -0.467. The third-order valence-electron chi connectivity index (χ3n) is 13.4. The van der Waals surface area contributed by atoms with E-state index >= 15 is 0 Å². The highest BCUT2D eigenvalue weighted by molar-refractivity contribution is 5.85. The molecule has 44 heavy (non-hydrogen) atoms. The molecular formula is C39H42N2O3. The molecule has 0 saturated heterocycles. The number of carbonyl (C=O) groups excluding carboxylic acids is 2. The van der Waals surface area contributed by atoms with Gasteiger partial charge >= 0.3 is 6.09 Å². The Morgan fingerprint density at radius 1 is 0.818 bits per heavy atom. The molecule has 9 atom stereocenters. The van der Waals surface area contributed by atoms with E-state index in [2.05, 4.69) is 54.0 Å². The fraction of sp³-hybridized carbons (Fsp3) is 0.487. The van der Waals surface area contributed by atoms with Gasteiger partial charge in [-0.15, -0.1) is 0 Å². The number of amides is 2. The summed E-state index contributed by atoms with van der Waals surface area (Å²) in [5, 5.41) is 6.29. The van der Waals surface area contributed by atoms with Gasteiger partial charge in [0, 0.05) is 18.2 Å². The van der Waals surface area contributed by atoms with Gasteiger partial charge in [-0.2, -0.15) is 0 Å². The fourth-order valence-corrected chi connectivity index (χ4v) is 11.1. The molecule has 5 heteroatoms. The molecule has 0 spiro atoms. The Hall–Kier alpha value is -3.60. The first-order chi connectivity index (χ1) is 21.5. The molecule has 5 fully saturated rings. The molecule has 9 unspecified atom stereocenters. The number of hydrogen-bond acceptors (Lipinski definition) is 3. The number of benzene rings is 3. The largest absolute Gasteiger partial charge is 0.448 e. The standard InChI is InChI=1S/C39H42N2O3/c1-22-10-15-25(22)33-19-34-36-30-16-17-31(30)37(36)39(33,34)21-40-35(42)18-23-11-13-24(14-12-23)41-38(43)44-20-32-28-8-4-2-6-26(28)27-7-3-5-9-29(27)32/h2-9,11-14,22,25,30-34,36-37H,10,15-21H2,1H3,(H,40,42)(H,41,43). The number of ether oxygens (including phenoxy) is 1. The summed E-state index contributed by atoms with van der Waals surface area (Å²) >= 11 is 0. The van der Waals surface area contributed by atoms with Gasteiger partial charge in [0.25, 0.3) is 0 Å². The number of rotatable bonds is 8. The van der Waals surface area contributed by atoms with Crippen molar-refractivity contribution < 1.29 is 14.3 Å². The summed E-state index contributed by atoms with van der Waals surface area (Å²) in [5.74, 6) is 7.47. The average molecular weight is 587 g/mol. The van der Waals surface area contributed by atoms with Crippen LogP contribution in [0.15, 0.2) is 72.8 Å². The van der Waals surface area contributed by atoms with Gasteiger partial charge in [-0.25, -0.2) is 4.79 Å². The second kappa shape index (κ2) is 9.95. The van der Waals surface area contributed by atoms with Crippen molar-refractivity contribution in [2.45, 2.75) is 51.4 Å². The summed E-state index contributed by atoms with van der Waals surface area (Å²) in [5.41, 5.74) is 6.84. The summed E-state index contributed by atoms with van der Waals surface area (Å²) in [6.45, 7) is 3.61. The number of carbonyl (C=O) groups is 2. The summed E-state index contributed by atoms with van der Waals surface area (Å²) < 4.78 is 5.70. The summed E-state index contributed by atoms with van der Waals surface area (Å²) in [4.78, 5) is 25.9. The summed E-state index contributed by atoms with van der Waals surface area (Å²) in [7, 11) is 0. The molecule has 0 radical (unpaired) electrons. The third-order valence-corrected chi connectivity index (χ3v) is 13.4. The van der Waals surface area contributed by atoms with Gasteiger partial charge in [-0.3, -0.25) is 10.1 Å². The van der Waals surface area contributed by atoms with E-state index in [9.17, 15) is 9.59 Å². The van der Waals surface area contributed by atoms with E-state index in [0.29, 0.717) is 17.5 Å². The zero-order chi connectivity index (χ0) is 29.6. The number of fused-ring (bicyclic) bond motifs is 10. The lowest BCUT2D eigenvalue weighted by atomic mass is 9.19. The number of nitrogens with one attached hydrogen (secondary N) is 2. The number of hydrogen-bond donors (Lipinski definition) is 2. The maximum absolute atomic E-state index is 13.2. The highest BCUT2D eigenvalue weighted by Gasteiger charge is 2.81. The van der Waals surface area contributed by atoms with E-state index in [1.807, 2.05) is 36.4 Å². The zero-order valence-corrected chi connectivity index (χ0v) is 25.5. The Balaban J connectivity index is 0.791. The molecule has 0 aromatic heterocycles. The molecule has 5 saturated carbocycles. The smallest absolute Gasteiger partial charge is 0.411 e. The monoisotopic (exact) mass is 586 g/mol. The highest BCUT2D eigenvalue weighted by atomic mass is 16.5. The Morgan fingerprint density at radius 2 is 1.50 bits per heavy atom. The van der Waals surface area contributed by atoms with Crippen molar-refractivity contribution in [2.75, 3.05) is 18.5 Å². The lowest BCUT2D eigenvalue weighted by Crippen LogP contribution is -2.83. The van der Waals surface area contributed by atoms with Crippen molar-refractivity contribution in [3.63, 3.8) is 0 Å². The van der Waals surface area contributed by atoms with Gasteiger partial charge in [-0.05, 0) is 118 Å². The normalized spacial score (nSPS) is 34.9. The maximum atomic E-state index is 13.2. The van der Waals surface area contributed by atoms with Crippen molar-refractivity contribution in [1.29, 1.82) is 0 Å². The number of anilines is 1. The van der Waals surface area contributed by atoms with Crippen molar-refractivity contribution in [3.8, 4) is 11.1 Å². The second-order valence-electron chi connectivity index (χ2n) is 14.9. The molecule has 6 aliphatic carbocycles. The molecule has 3 aromatic rings. The van der Waals surface area contributed by atoms with Gasteiger partial charge in [-0.1, -0.05) is 74.0 Å². The molecule has 6 aliphatic rings. The van der Waals surface area contributed by atoms with Gasteiger partial charge < -0.3 is 10.1 Å². The molecule has 5 nitrogen and oxygen atoms in total. The van der Waals surface area contributed by atoms with Crippen molar-refractivity contribution in [1.82, 2.24) is 5.32 Å². The lowest BCUT2D eigenvalue weighted by Gasteiger charge is -2.86. The molecule has 0 bridgehead atoms. The molecule has 3 aromatic carbocycles. The van der Waals surface area contributed by atoms with Crippen LogP contribution in [0, 0.1) is 52.8 Å². The lowest BCUT2D eigenvalue weighted by molar-refractivity contribution is -0.381. The molecule has 9 rings (SSSR count). The Kier molecular flexibility index (Phi) is 6.06. The molecule has 0 heterocycles. The first-order valence-electron chi connectivity index (χ1n) is 17.0. The van der Waals surface area contributed by atoms with E-state index in [4.69, 9.17) is 4.74 Å². The average Bonchev–Trinajstić information content (AvgIpc) is 3.33. The minimum Gasteiger partial charge on any atom is -0.448 e. The second-order valence-corrected chi connectivity index (χ2v) is 14.9. The molecule has 2 amide bonds. The van der Waals surface area contributed by atoms with E-state index in [1.165, 1.54) is 54.4 Å². The van der Waals surface area contributed by atoms with Crippen LogP contribution in [-0.2, 0) is 16.0 Å². The molecular weight excluding hydrogens is 544 g/mol. The van der Waals surface area contributed by atoms with E-state index in [0.717, 1.165) is 59.5 Å². The van der Waals surface area contributed by atoms with E-state index in [-0.39, 0.29) is 18.4 Å². The summed E-state index contributed by atoms with van der Waals surface area (Å²) in [6, 6.07) is 24.3. The maximum Gasteiger partial charge on any atom is 0.411 e. The van der Waals surface area contributed by atoms with Crippen LogP contribution in [0.4, 0.5) is 10.5 Å². The molecule has 226 valence electrons. The first-order valence-corrected chi connectivity index (χ1v) is 17.0. The van der Waals surface area contributed by atoms with Crippen LogP contribution in [-0.4, -0.2) is 25.2 Å². The van der Waals surface area contributed by atoms with Gasteiger partial charge in [0.2, 0.25) is 5.91 Å². The third kappa shape index (κ3) is 3.77. The van der Waals surface area contributed by atoms with E-state index in [1.54, 1.807) is 0 Å². The fourth-order valence-electron chi connectivity index (χ4n) is 11.1.